The molecule has 2 atom stereocenters. The number of aryl methyl sites for hydroxylation is 1. The van der Waals surface area contributed by atoms with E-state index in [9.17, 15) is 5.26 Å². The van der Waals surface area contributed by atoms with Crippen LogP contribution in [0.2, 0.25) is 0 Å². The van der Waals surface area contributed by atoms with E-state index in [1.54, 1.807) is 7.11 Å². The molecule has 1 saturated heterocycles. The Bertz CT molecular complexity index is 985. The topological polar surface area (TPSA) is 53.6 Å². The Kier molecular flexibility index (Phi) is 3.85. The quantitative estimate of drug-likeness (QED) is 0.719. The maximum Gasteiger partial charge on any atom is 0.157 e. The van der Waals surface area contributed by atoms with Gasteiger partial charge in [0, 0.05) is 20.2 Å². The minimum absolute atomic E-state index is 0.217. The van der Waals surface area contributed by atoms with Crippen LogP contribution < -0.4 is 4.90 Å². The molecule has 5 heteroatoms. The van der Waals surface area contributed by atoms with E-state index in [2.05, 4.69) is 34.4 Å². The molecule has 0 radical (unpaired) electrons. The van der Waals surface area contributed by atoms with E-state index in [1.165, 1.54) is 0 Å². The van der Waals surface area contributed by atoms with Crippen molar-refractivity contribution in [2.24, 2.45) is 5.92 Å². The van der Waals surface area contributed by atoms with Crippen molar-refractivity contribution in [3.05, 3.63) is 41.5 Å². The second-order valence-electron chi connectivity index (χ2n) is 6.92. The standard InChI is InChI=1S/C20H22N4O/c1-13-8-9-23(12-18(13)25-3)19-10-14(2)15(11-21)20-22-16-6-4-5-7-17(16)24(19)20/h4-7,10,13,18H,8-9,12H2,1-3H3. The number of hydrogen-bond donors (Lipinski definition) is 0. The van der Waals surface area contributed by atoms with Crippen molar-refractivity contribution < 1.29 is 4.74 Å². The van der Waals surface area contributed by atoms with E-state index in [1.807, 2.05) is 25.1 Å². The first-order valence-corrected chi connectivity index (χ1v) is 8.72. The molecule has 0 aliphatic carbocycles. The van der Waals surface area contributed by atoms with Gasteiger partial charge in [0.1, 0.15) is 11.9 Å². The molecule has 4 rings (SSSR count). The first-order valence-electron chi connectivity index (χ1n) is 8.72. The Morgan fingerprint density at radius 1 is 1.32 bits per heavy atom. The molecule has 2 aromatic heterocycles. The van der Waals surface area contributed by atoms with Crippen LogP contribution in [0.3, 0.4) is 0 Å². The molecule has 0 spiro atoms. The van der Waals surface area contributed by atoms with Crippen molar-refractivity contribution in [2.45, 2.75) is 26.4 Å². The van der Waals surface area contributed by atoms with E-state index >= 15 is 0 Å². The number of fused-ring (bicyclic) bond motifs is 3. The number of anilines is 1. The Hall–Kier alpha value is -2.58. The monoisotopic (exact) mass is 334 g/mol. The Labute approximate surface area is 147 Å². The largest absolute Gasteiger partial charge is 0.379 e. The van der Waals surface area contributed by atoms with Gasteiger partial charge in [-0.3, -0.25) is 4.40 Å². The number of methoxy groups -OCH3 is 1. The van der Waals surface area contributed by atoms with E-state index in [4.69, 9.17) is 9.72 Å². The lowest BCUT2D eigenvalue weighted by atomic mass is 9.95. The highest BCUT2D eigenvalue weighted by Crippen LogP contribution is 2.31. The van der Waals surface area contributed by atoms with Crippen LogP contribution in [0.25, 0.3) is 16.7 Å². The van der Waals surface area contributed by atoms with Gasteiger partial charge < -0.3 is 9.64 Å². The summed E-state index contributed by atoms with van der Waals surface area (Å²) in [6.07, 6.45) is 1.31. The fraction of sp³-hybridized carbons (Fsp3) is 0.400. The molecule has 2 unspecified atom stereocenters. The zero-order valence-corrected chi connectivity index (χ0v) is 14.9. The lowest BCUT2D eigenvalue weighted by molar-refractivity contribution is 0.0496. The summed E-state index contributed by atoms with van der Waals surface area (Å²) >= 11 is 0. The highest BCUT2D eigenvalue weighted by atomic mass is 16.5. The molecule has 25 heavy (non-hydrogen) atoms. The van der Waals surface area contributed by atoms with Gasteiger partial charge in [0.15, 0.2) is 5.65 Å². The molecule has 128 valence electrons. The molecule has 1 aromatic carbocycles. The number of rotatable bonds is 2. The zero-order chi connectivity index (χ0) is 17.6. The van der Waals surface area contributed by atoms with Crippen LogP contribution in [0, 0.1) is 24.2 Å². The van der Waals surface area contributed by atoms with Crippen molar-refractivity contribution in [3.8, 4) is 6.07 Å². The van der Waals surface area contributed by atoms with E-state index in [-0.39, 0.29) is 6.10 Å². The van der Waals surface area contributed by atoms with Crippen molar-refractivity contribution in [1.29, 1.82) is 5.26 Å². The molecule has 1 aliphatic heterocycles. The summed E-state index contributed by atoms with van der Waals surface area (Å²) < 4.78 is 7.82. The number of nitriles is 1. The Balaban J connectivity index is 1.96. The zero-order valence-electron chi connectivity index (χ0n) is 14.9. The molecule has 0 saturated carbocycles. The molecule has 1 fully saturated rings. The summed E-state index contributed by atoms with van der Waals surface area (Å²) in [6, 6.07) is 12.5. The molecule has 3 aromatic rings. The minimum Gasteiger partial charge on any atom is -0.379 e. The van der Waals surface area contributed by atoms with Crippen LogP contribution in [0.5, 0.6) is 0 Å². The molecule has 0 bridgehead atoms. The number of imidazole rings is 1. The SMILES string of the molecule is COC1CN(c2cc(C)c(C#N)c3nc4ccccc4n23)CCC1C. The maximum absolute atomic E-state index is 9.62. The van der Waals surface area contributed by atoms with Gasteiger partial charge in [0.2, 0.25) is 0 Å². The number of para-hydroxylation sites is 2. The molecule has 0 N–H and O–H groups in total. The first-order chi connectivity index (χ1) is 12.1. The van der Waals surface area contributed by atoms with Crippen molar-refractivity contribution in [2.75, 3.05) is 25.1 Å². The average molecular weight is 334 g/mol. The summed E-state index contributed by atoms with van der Waals surface area (Å²) in [4.78, 5) is 7.10. The second kappa shape index (κ2) is 6.05. The highest BCUT2D eigenvalue weighted by Gasteiger charge is 2.28. The molecule has 5 nitrogen and oxygen atoms in total. The van der Waals surface area contributed by atoms with E-state index in [0.29, 0.717) is 11.5 Å². The van der Waals surface area contributed by atoms with Crippen LogP contribution in [-0.4, -0.2) is 35.7 Å². The van der Waals surface area contributed by atoms with E-state index < -0.39 is 0 Å². The summed E-state index contributed by atoms with van der Waals surface area (Å²) in [5, 5.41) is 9.62. The Morgan fingerprint density at radius 2 is 2.12 bits per heavy atom. The van der Waals surface area contributed by atoms with Crippen LogP contribution in [0.4, 0.5) is 5.82 Å². The predicted octanol–water partition coefficient (Wildman–Crippen LogP) is 3.53. The number of benzene rings is 1. The number of nitrogens with zero attached hydrogens (tertiary/aromatic N) is 4. The smallest absolute Gasteiger partial charge is 0.157 e. The third-order valence-electron chi connectivity index (χ3n) is 5.38. The number of pyridine rings is 1. The number of piperidine rings is 1. The summed E-state index contributed by atoms with van der Waals surface area (Å²) in [6.45, 7) is 6.07. The Morgan fingerprint density at radius 3 is 2.88 bits per heavy atom. The average Bonchev–Trinajstić information content (AvgIpc) is 3.00. The van der Waals surface area contributed by atoms with Gasteiger partial charge in [-0.25, -0.2) is 4.98 Å². The number of ether oxygens (including phenoxy) is 1. The highest BCUT2D eigenvalue weighted by molar-refractivity contribution is 5.85. The lowest BCUT2D eigenvalue weighted by Gasteiger charge is -2.38. The van der Waals surface area contributed by atoms with Gasteiger partial charge in [0.05, 0.1) is 22.7 Å². The van der Waals surface area contributed by atoms with Crippen molar-refractivity contribution >= 4 is 22.5 Å². The maximum atomic E-state index is 9.62. The van der Waals surface area contributed by atoms with Crippen LogP contribution in [0.1, 0.15) is 24.5 Å². The molecule has 0 amide bonds. The predicted molar refractivity (Wildman–Crippen MR) is 98.9 cm³/mol. The lowest BCUT2D eigenvalue weighted by Crippen LogP contribution is -2.44. The van der Waals surface area contributed by atoms with Crippen LogP contribution in [0.15, 0.2) is 30.3 Å². The van der Waals surface area contributed by atoms with Gasteiger partial charge in [-0.05, 0) is 43.0 Å². The van der Waals surface area contributed by atoms with E-state index in [0.717, 1.165) is 47.6 Å². The minimum atomic E-state index is 0.217. The van der Waals surface area contributed by atoms with Gasteiger partial charge in [-0.2, -0.15) is 5.26 Å². The van der Waals surface area contributed by atoms with Crippen molar-refractivity contribution in [3.63, 3.8) is 0 Å². The first kappa shape index (κ1) is 15.9. The van der Waals surface area contributed by atoms with Crippen LogP contribution in [-0.2, 0) is 4.74 Å². The van der Waals surface area contributed by atoms with Gasteiger partial charge >= 0.3 is 0 Å². The fourth-order valence-electron chi connectivity index (χ4n) is 3.85. The molecule has 3 heterocycles. The molecule has 1 aliphatic rings. The molecular formula is C20H22N4O. The summed E-state index contributed by atoms with van der Waals surface area (Å²) in [5.41, 5.74) is 4.31. The number of hydrogen-bond acceptors (Lipinski definition) is 4. The van der Waals surface area contributed by atoms with Gasteiger partial charge in [0.25, 0.3) is 0 Å². The number of aromatic nitrogens is 2. The van der Waals surface area contributed by atoms with Crippen molar-refractivity contribution in [1.82, 2.24) is 9.38 Å². The van der Waals surface area contributed by atoms with Gasteiger partial charge in [-0.1, -0.05) is 19.1 Å². The normalized spacial score (nSPS) is 21.0. The summed E-state index contributed by atoms with van der Waals surface area (Å²) in [5.74, 6) is 1.64. The third-order valence-corrected chi connectivity index (χ3v) is 5.38. The fourth-order valence-corrected chi connectivity index (χ4v) is 3.85. The van der Waals surface area contributed by atoms with Crippen LogP contribution >= 0.6 is 0 Å². The molecular weight excluding hydrogens is 312 g/mol. The second-order valence-corrected chi connectivity index (χ2v) is 6.92. The summed E-state index contributed by atoms with van der Waals surface area (Å²) in [7, 11) is 1.79. The third kappa shape index (κ3) is 2.45. The van der Waals surface area contributed by atoms with Gasteiger partial charge in [-0.15, -0.1) is 0 Å².